The highest BCUT2D eigenvalue weighted by Gasteiger charge is 2.14. The average Bonchev–Trinajstić information content (AvgIpc) is 1.99. The van der Waals surface area contributed by atoms with E-state index < -0.39 is 0 Å². The van der Waals surface area contributed by atoms with Crippen molar-refractivity contribution < 1.29 is 4.74 Å². The van der Waals surface area contributed by atoms with Crippen LogP contribution in [-0.2, 0) is 17.8 Å². The number of methoxy groups -OCH3 is 1. The van der Waals surface area contributed by atoms with Crippen molar-refractivity contribution in [3.05, 3.63) is 17.6 Å². The number of aromatic nitrogens is 2. The van der Waals surface area contributed by atoms with Gasteiger partial charge in [0.1, 0.15) is 11.6 Å². The van der Waals surface area contributed by atoms with Gasteiger partial charge >= 0.3 is 0 Å². The maximum atomic E-state index is 5.70. The van der Waals surface area contributed by atoms with E-state index in [1.165, 1.54) is 0 Å². The molecule has 1 aromatic heterocycles. The van der Waals surface area contributed by atoms with E-state index in [9.17, 15) is 0 Å². The van der Waals surface area contributed by atoms with Gasteiger partial charge in [0.25, 0.3) is 0 Å². The van der Waals surface area contributed by atoms with Crippen LogP contribution in [-0.4, -0.2) is 17.1 Å². The minimum Gasteiger partial charge on any atom is -0.384 e. The van der Waals surface area contributed by atoms with E-state index >= 15 is 0 Å². The Hall–Kier alpha value is -1.16. The number of nitrogen functional groups attached to an aromatic ring is 1. The van der Waals surface area contributed by atoms with Crippen molar-refractivity contribution in [2.75, 3.05) is 12.8 Å². The molecule has 0 amide bonds. The SMILES string of the molecule is COCc1cc(N)nc(CC(C)(C)C)n1. The number of hydrogen-bond acceptors (Lipinski definition) is 4. The highest BCUT2D eigenvalue weighted by atomic mass is 16.5. The number of hydrogen-bond donors (Lipinski definition) is 1. The van der Waals surface area contributed by atoms with Gasteiger partial charge in [0, 0.05) is 19.6 Å². The maximum Gasteiger partial charge on any atom is 0.131 e. The molecule has 0 spiro atoms. The van der Waals surface area contributed by atoms with Crippen LogP contribution in [0.1, 0.15) is 32.3 Å². The van der Waals surface area contributed by atoms with Crippen molar-refractivity contribution in [3.8, 4) is 0 Å². The quantitative estimate of drug-likeness (QED) is 0.824. The van der Waals surface area contributed by atoms with Gasteiger partial charge in [-0.15, -0.1) is 0 Å². The molecule has 0 radical (unpaired) electrons. The Morgan fingerprint density at radius 3 is 2.53 bits per heavy atom. The van der Waals surface area contributed by atoms with Crippen LogP contribution in [0.2, 0.25) is 0 Å². The molecule has 0 saturated heterocycles. The normalized spacial score (nSPS) is 11.7. The molecule has 4 nitrogen and oxygen atoms in total. The number of anilines is 1. The summed E-state index contributed by atoms with van der Waals surface area (Å²) < 4.78 is 5.02. The lowest BCUT2D eigenvalue weighted by molar-refractivity contribution is 0.181. The third-order valence-corrected chi connectivity index (χ3v) is 1.83. The number of ether oxygens (including phenoxy) is 1. The van der Waals surface area contributed by atoms with E-state index in [0.717, 1.165) is 17.9 Å². The predicted octanol–water partition coefficient (Wildman–Crippen LogP) is 1.79. The third-order valence-electron chi connectivity index (χ3n) is 1.83. The fourth-order valence-electron chi connectivity index (χ4n) is 1.35. The summed E-state index contributed by atoms with van der Waals surface area (Å²) in [5.41, 5.74) is 6.70. The number of nitrogens with two attached hydrogens (primary N) is 1. The second-order valence-corrected chi connectivity index (χ2v) is 4.87. The molecular formula is C11H19N3O. The molecule has 0 fully saturated rings. The molecule has 1 aromatic rings. The highest BCUT2D eigenvalue weighted by Crippen LogP contribution is 2.19. The summed E-state index contributed by atoms with van der Waals surface area (Å²) in [6.45, 7) is 6.92. The van der Waals surface area contributed by atoms with Gasteiger partial charge in [0.2, 0.25) is 0 Å². The van der Waals surface area contributed by atoms with Crippen molar-refractivity contribution in [2.24, 2.45) is 5.41 Å². The van der Waals surface area contributed by atoms with Gasteiger partial charge in [-0.1, -0.05) is 20.8 Å². The van der Waals surface area contributed by atoms with E-state index in [0.29, 0.717) is 12.4 Å². The van der Waals surface area contributed by atoms with Gasteiger partial charge in [-0.2, -0.15) is 0 Å². The van der Waals surface area contributed by atoms with Crippen LogP contribution in [0, 0.1) is 5.41 Å². The zero-order chi connectivity index (χ0) is 11.5. The predicted molar refractivity (Wildman–Crippen MR) is 60.3 cm³/mol. The minimum atomic E-state index is 0.165. The van der Waals surface area contributed by atoms with Gasteiger partial charge in [-0.05, 0) is 5.41 Å². The van der Waals surface area contributed by atoms with Crippen LogP contribution in [0.25, 0.3) is 0 Å². The van der Waals surface area contributed by atoms with E-state index in [-0.39, 0.29) is 5.41 Å². The van der Waals surface area contributed by atoms with Crippen molar-refractivity contribution in [2.45, 2.75) is 33.8 Å². The van der Waals surface area contributed by atoms with Crippen molar-refractivity contribution in [1.29, 1.82) is 0 Å². The van der Waals surface area contributed by atoms with Crippen molar-refractivity contribution >= 4 is 5.82 Å². The Labute approximate surface area is 90.9 Å². The molecule has 0 aliphatic heterocycles. The molecule has 2 N–H and O–H groups in total. The van der Waals surface area contributed by atoms with Crippen LogP contribution < -0.4 is 5.73 Å². The Morgan fingerprint density at radius 1 is 1.33 bits per heavy atom. The molecule has 84 valence electrons. The molecular weight excluding hydrogens is 190 g/mol. The first kappa shape index (κ1) is 11.9. The Morgan fingerprint density at radius 2 is 2.00 bits per heavy atom. The fourth-order valence-corrected chi connectivity index (χ4v) is 1.35. The summed E-state index contributed by atoms with van der Waals surface area (Å²) in [7, 11) is 1.64. The summed E-state index contributed by atoms with van der Waals surface area (Å²) in [6, 6.07) is 1.75. The van der Waals surface area contributed by atoms with Crippen LogP contribution >= 0.6 is 0 Å². The Balaban J connectivity index is 2.88. The van der Waals surface area contributed by atoms with Crippen LogP contribution in [0.3, 0.4) is 0 Å². The minimum absolute atomic E-state index is 0.165. The molecule has 0 saturated carbocycles. The van der Waals surface area contributed by atoms with Crippen LogP contribution in [0.4, 0.5) is 5.82 Å². The molecule has 1 heterocycles. The Kier molecular flexibility index (Phi) is 3.63. The molecule has 0 aromatic carbocycles. The standard InChI is InChI=1S/C11H19N3O/c1-11(2,3)6-10-13-8(7-15-4)5-9(12)14-10/h5H,6-7H2,1-4H3,(H2,12,13,14). The molecule has 4 heteroatoms. The lowest BCUT2D eigenvalue weighted by atomic mass is 9.92. The second kappa shape index (κ2) is 4.57. The molecule has 15 heavy (non-hydrogen) atoms. The summed E-state index contributed by atoms with van der Waals surface area (Å²) in [5.74, 6) is 1.30. The first-order valence-electron chi connectivity index (χ1n) is 5.02. The van der Waals surface area contributed by atoms with Crippen LogP contribution in [0.15, 0.2) is 6.07 Å². The molecule has 0 bridgehead atoms. The monoisotopic (exact) mass is 209 g/mol. The molecule has 0 unspecified atom stereocenters. The first-order valence-corrected chi connectivity index (χ1v) is 5.02. The molecule has 0 aliphatic carbocycles. The van der Waals surface area contributed by atoms with Gasteiger partial charge in [-0.3, -0.25) is 0 Å². The summed E-state index contributed by atoms with van der Waals surface area (Å²) >= 11 is 0. The second-order valence-electron chi connectivity index (χ2n) is 4.87. The van der Waals surface area contributed by atoms with Gasteiger partial charge in [0.15, 0.2) is 0 Å². The average molecular weight is 209 g/mol. The van der Waals surface area contributed by atoms with Gasteiger partial charge in [0.05, 0.1) is 12.3 Å². The molecule has 0 atom stereocenters. The molecule has 1 rings (SSSR count). The zero-order valence-electron chi connectivity index (χ0n) is 9.87. The number of nitrogens with zero attached hydrogens (tertiary/aromatic N) is 2. The maximum absolute atomic E-state index is 5.70. The lowest BCUT2D eigenvalue weighted by Crippen LogP contribution is -2.14. The van der Waals surface area contributed by atoms with E-state index in [1.54, 1.807) is 13.2 Å². The summed E-state index contributed by atoms with van der Waals surface area (Å²) in [5, 5.41) is 0. The lowest BCUT2D eigenvalue weighted by Gasteiger charge is -2.17. The van der Waals surface area contributed by atoms with E-state index in [2.05, 4.69) is 30.7 Å². The topological polar surface area (TPSA) is 61.0 Å². The van der Waals surface area contributed by atoms with Gasteiger partial charge in [-0.25, -0.2) is 9.97 Å². The third kappa shape index (κ3) is 4.25. The zero-order valence-corrected chi connectivity index (χ0v) is 9.87. The Bertz CT molecular complexity index is 331. The number of rotatable bonds is 3. The highest BCUT2D eigenvalue weighted by molar-refractivity contribution is 5.29. The first-order chi connectivity index (χ1) is 6.90. The summed E-state index contributed by atoms with van der Waals surface area (Å²) in [4.78, 5) is 8.61. The van der Waals surface area contributed by atoms with E-state index in [4.69, 9.17) is 10.5 Å². The molecule has 0 aliphatic rings. The van der Waals surface area contributed by atoms with Gasteiger partial charge < -0.3 is 10.5 Å². The van der Waals surface area contributed by atoms with Crippen LogP contribution in [0.5, 0.6) is 0 Å². The largest absolute Gasteiger partial charge is 0.384 e. The van der Waals surface area contributed by atoms with Crippen molar-refractivity contribution in [3.63, 3.8) is 0 Å². The fraction of sp³-hybridized carbons (Fsp3) is 0.636. The smallest absolute Gasteiger partial charge is 0.131 e. The van der Waals surface area contributed by atoms with Crippen molar-refractivity contribution in [1.82, 2.24) is 9.97 Å². The summed E-state index contributed by atoms with van der Waals surface area (Å²) in [6.07, 6.45) is 0.814. The van der Waals surface area contributed by atoms with E-state index in [1.807, 2.05) is 0 Å².